The largest absolute Gasteiger partial charge is 0.455 e. The monoisotopic (exact) mass is 742 g/mol. The Morgan fingerprint density at radius 2 is 1.07 bits per heavy atom. The molecule has 10 aromatic rings. The number of nitrogens with zero attached hydrogens (tertiary/aromatic N) is 2. The number of para-hydroxylation sites is 1. The van der Waals surface area contributed by atoms with Gasteiger partial charge in [0.1, 0.15) is 11.2 Å². The summed E-state index contributed by atoms with van der Waals surface area (Å²) in [4.78, 5) is 11.1. The van der Waals surface area contributed by atoms with Crippen LogP contribution in [-0.2, 0) is 0 Å². The van der Waals surface area contributed by atoms with Crippen molar-refractivity contribution >= 4 is 71.5 Å². The van der Waals surface area contributed by atoms with Crippen LogP contribution in [0.25, 0.3) is 82.2 Å². The average Bonchev–Trinajstić information content (AvgIpc) is 3.67. The summed E-state index contributed by atoms with van der Waals surface area (Å²) < 4.78 is 6.78. The number of furan rings is 1. The van der Waals surface area contributed by atoms with Gasteiger partial charge in [0, 0.05) is 33.0 Å². The van der Waals surface area contributed by atoms with E-state index >= 15 is 0 Å². The standard InChI is InChI=1S/C55H38N2O/c1-35-29-32-50(56-55(37-16-3-2-4-17-37)57-53(35)49-34-39-19-7-8-20-41(39)43-21-9-10-22-44(43)49)46-24-12-11-23-45(46)47-26-14-28-51-52(47)48-27-13-25-42(54(48)58-51)40-31-30-36-15-5-6-18-38(36)33-40/h2-28,30-31,33-34H,29,32H2,1H3/b53-35+,56-50?,57-55?. The van der Waals surface area contributed by atoms with Crippen molar-refractivity contribution < 1.29 is 4.42 Å². The van der Waals surface area contributed by atoms with Gasteiger partial charge in [0.15, 0.2) is 5.84 Å². The number of allylic oxidation sites excluding steroid dienone is 1. The predicted octanol–water partition coefficient (Wildman–Crippen LogP) is 14.8. The molecule has 9 aromatic carbocycles. The minimum Gasteiger partial charge on any atom is -0.455 e. The maximum Gasteiger partial charge on any atom is 0.160 e. The van der Waals surface area contributed by atoms with Gasteiger partial charge in [-0.3, -0.25) is 0 Å². The van der Waals surface area contributed by atoms with Gasteiger partial charge >= 0.3 is 0 Å². The lowest BCUT2D eigenvalue weighted by Crippen LogP contribution is -2.11. The van der Waals surface area contributed by atoms with Gasteiger partial charge < -0.3 is 4.42 Å². The van der Waals surface area contributed by atoms with Gasteiger partial charge in [-0.05, 0) is 92.5 Å². The molecule has 0 saturated carbocycles. The molecule has 11 rings (SSSR count). The molecule has 58 heavy (non-hydrogen) atoms. The Labute approximate surface area is 337 Å². The van der Waals surface area contributed by atoms with E-state index < -0.39 is 0 Å². The Hall–Kier alpha value is -7.36. The van der Waals surface area contributed by atoms with Crippen LogP contribution in [0, 0.1) is 0 Å². The van der Waals surface area contributed by atoms with E-state index in [2.05, 4.69) is 189 Å². The smallest absolute Gasteiger partial charge is 0.160 e. The van der Waals surface area contributed by atoms with Gasteiger partial charge in [0.25, 0.3) is 0 Å². The zero-order valence-corrected chi connectivity index (χ0v) is 32.1. The van der Waals surface area contributed by atoms with Crippen LogP contribution in [0.5, 0.6) is 0 Å². The van der Waals surface area contributed by atoms with E-state index in [1.807, 2.05) is 6.07 Å². The zero-order chi connectivity index (χ0) is 38.6. The van der Waals surface area contributed by atoms with Crippen LogP contribution in [-0.4, -0.2) is 11.5 Å². The van der Waals surface area contributed by atoms with Crippen molar-refractivity contribution in [3.8, 4) is 22.3 Å². The Balaban J connectivity index is 1.08. The normalized spacial score (nSPS) is 14.8. The zero-order valence-electron chi connectivity index (χ0n) is 32.1. The van der Waals surface area contributed by atoms with Crippen LogP contribution in [0.2, 0.25) is 0 Å². The van der Waals surface area contributed by atoms with E-state index in [4.69, 9.17) is 14.4 Å². The van der Waals surface area contributed by atoms with E-state index in [-0.39, 0.29) is 0 Å². The summed E-state index contributed by atoms with van der Waals surface area (Å²) in [5.74, 6) is 0.712. The number of hydrogen-bond donors (Lipinski definition) is 0. The maximum atomic E-state index is 6.78. The molecule has 1 aromatic heterocycles. The summed E-state index contributed by atoms with van der Waals surface area (Å²) in [5, 5.41) is 9.54. The number of aliphatic imine (C=N–C) groups is 2. The van der Waals surface area contributed by atoms with Crippen LogP contribution in [0.4, 0.5) is 0 Å². The molecule has 0 unspecified atom stereocenters. The van der Waals surface area contributed by atoms with Crippen molar-refractivity contribution in [2.45, 2.75) is 19.8 Å². The highest BCUT2D eigenvalue weighted by Crippen LogP contribution is 2.43. The lowest BCUT2D eigenvalue weighted by atomic mass is 9.89. The van der Waals surface area contributed by atoms with Gasteiger partial charge in [0.2, 0.25) is 0 Å². The van der Waals surface area contributed by atoms with Gasteiger partial charge in [-0.25, -0.2) is 9.98 Å². The average molecular weight is 743 g/mol. The van der Waals surface area contributed by atoms with Crippen LogP contribution in [0.1, 0.15) is 36.5 Å². The number of hydrogen-bond acceptors (Lipinski definition) is 3. The van der Waals surface area contributed by atoms with Gasteiger partial charge in [-0.2, -0.15) is 0 Å². The summed E-state index contributed by atoms with van der Waals surface area (Å²) in [6.07, 6.45) is 1.58. The van der Waals surface area contributed by atoms with Crippen molar-refractivity contribution in [3.05, 3.63) is 210 Å². The van der Waals surface area contributed by atoms with Crippen LogP contribution < -0.4 is 0 Å². The molecule has 3 heteroatoms. The Morgan fingerprint density at radius 3 is 1.93 bits per heavy atom. The second kappa shape index (κ2) is 14.0. The molecule has 0 aliphatic carbocycles. The molecule has 0 fully saturated rings. The minimum absolute atomic E-state index is 0.712. The first-order valence-corrected chi connectivity index (χ1v) is 20.0. The summed E-state index contributed by atoms with van der Waals surface area (Å²) in [5.41, 5.74) is 12.7. The lowest BCUT2D eigenvalue weighted by Gasteiger charge is -2.19. The first kappa shape index (κ1) is 33.9. The predicted molar refractivity (Wildman–Crippen MR) is 245 cm³/mol. The number of benzene rings is 9. The molecule has 1 aliphatic rings. The Kier molecular flexibility index (Phi) is 8.18. The molecule has 0 spiro atoms. The van der Waals surface area contributed by atoms with Gasteiger partial charge in [-0.1, -0.05) is 170 Å². The first-order valence-electron chi connectivity index (χ1n) is 20.0. The summed E-state index contributed by atoms with van der Waals surface area (Å²) in [6.45, 7) is 2.24. The summed E-state index contributed by atoms with van der Waals surface area (Å²) in [6, 6.07) is 66.9. The number of rotatable bonds is 5. The molecule has 3 nitrogen and oxygen atoms in total. The van der Waals surface area contributed by atoms with Crippen molar-refractivity contribution in [1.82, 2.24) is 0 Å². The van der Waals surface area contributed by atoms with Gasteiger partial charge in [-0.15, -0.1) is 0 Å². The fourth-order valence-electron chi connectivity index (χ4n) is 8.91. The van der Waals surface area contributed by atoms with E-state index in [0.29, 0.717) is 5.84 Å². The molecule has 274 valence electrons. The van der Waals surface area contributed by atoms with Crippen LogP contribution >= 0.6 is 0 Å². The highest BCUT2D eigenvalue weighted by atomic mass is 16.3. The molecule has 0 saturated heterocycles. The first-order chi connectivity index (χ1) is 28.7. The molecule has 1 aliphatic heterocycles. The van der Waals surface area contributed by atoms with Crippen LogP contribution in [0.3, 0.4) is 0 Å². The van der Waals surface area contributed by atoms with E-state index in [9.17, 15) is 0 Å². The third kappa shape index (κ3) is 5.74. The Morgan fingerprint density at radius 1 is 0.414 bits per heavy atom. The molecule has 2 heterocycles. The molecule has 0 atom stereocenters. The fraction of sp³-hybridized carbons (Fsp3) is 0.0545. The molecule has 0 amide bonds. The number of fused-ring (bicyclic) bond motifs is 7. The maximum absolute atomic E-state index is 6.78. The highest BCUT2D eigenvalue weighted by Gasteiger charge is 2.22. The second-order valence-electron chi connectivity index (χ2n) is 15.3. The van der Waals surface area contributed by atoms with Crippen molar-refractivity contribution in [2.75, 3.05) is 0 Å². The molecular weight excluding hydrogens is 705 g/mol. The SMILES string of the molecule is C/C1=C(/c2cc3ccccc3c3ccccc23)N=C(c2ccccc2)N=C(c2ccccc2-c2cccc3oc4c(-c5ccc6ccccc6c5)cccc4c23)CC1. The topological polar surface area (TPSA) is 37.9 Å². The van der Waals surface area contributed by atoms with E-state index in [1.165, 1.54) is 37.9 Å². The summed E-state index contributed by atoms with van der Waals surface area (Å²) in [7, 11) is 0. The molecular formula is C55H38N2O. The summed E-state index contributed by atoms with van der Waals surface area (Å²) >= 11 is 0. The van der Waals surface area contributed by atoms with Crippen molar-refractivity contribution in [2.24, 2.45) is 9.98 Å². The van der Waals surface area contributed by atoms with Crippen LogP contribution in [0.15, 0.2) is 208 Å². The fourth-order valence-corrected chi connectivity index (χ4v) is 8.91. The van der Waals surface area contributed by atoms with Crippen molar-refractivity contribution in [3.63, 3.8) is 0 Å². The molecule has 0 N–H and O–H groups in total. The lowest BCUT2D eigenvalue weighted by molar-refractivity contribution is 0.670. The minimum atomic E-state index is 0.712. The molecule has 0 bridgehead atoms. The van der Waals surface area contributed by atoms with E-state index in [1.54, 1.807) is 0 Å². The van der Waals surface area contributed by atoms with E-state index in [0.717, 1.165) is 85.1 Å². The van der Waals surface area contributed by atoms with Crippen molar-refractivity contribution in [1.29, 1.82) is 0 Å². The Bertz CT molecular complexity index is 3350. The highest BCUT2D eigenvalue weighted by molar-refractivity contribution is 6.21. The number of amidine groups is 1. The third-order valence-electron chi connectivity index (χ3n) is 11.8. The molecule has 0 radical (unpaired) electrons. The van der Waals surface area contributed by atoms with Gasteiger partial charge in [0.05, 0.1) is 11.4 Å². The quantitative estimate of drug-likeness (QED) is 0.162. The second-order valence-corrected chi connectivity index (χ2v) is 15.3. The third-order valence-corrected chi connectivity index (χ3v) is 11.8.